The number of fused-ring (bicyclic) bond motifs is 1. The highest BCUT2D eigenvalue weighted by molar-refractivity contribution is 9.10. The zero-order chi connectivity index (χ0) is 14.3. The Morgan fingerprint density at radius 3 is 2.95 bits per heavy atom. The van der Waals surface area contributed by atoms with Crippen molar-refractivity contribution >= 4 is 33.1 Å². The second-order valence-corrected chi connectivity index (χ2v) is 5.25. The highest BCUT2D eigenvalue weighted by Crippen LogP contribution is 2.27. The van der Waals surface area contributed by atoms with Gasteiger partial charge in [-0.2, -0.15) is 0 Å². The van der Waals surface area contributed by atoms with Gasteiger partial charge in [-0.15, -0.1) is 0 Å². The smallest absolute Gasteiger partial charge is 0.337 e. The van der Waals surface area contributed by atoms with E-state index in [0.717, 1.165) is 15.6 Å². The van der Waals surface area contributed by atoms with Crippen molar-refractivity contribution in [1.82, 2.24) is 15.0 Å². The molecule has 0 unspecified atom stereocenters. The van der Waals surface area contributed by atoms with Crippen LogP contribution in [0.25, 0.3) is 22.6 Å². The summed E-state index contributed by atoms with van der Waals surface area (Å²) in [6.07, 6.45) is 1.31. The van der Waals surface area contributed by atoms with Crippen LogP contribution in [-0.2, 0) is 0 Å². The number of imidazole rings is 1. The number of aromatic carboxylic acids is 1. The van der Waals surface area contributed by atoms with Crippen LogP contribution in [0.5, 0.6) is 0 Å². The molecule has 0 amide bonds. The van der Waals surface area contributed by atoms with E-state index in [9.17, 15) is 4.79 Å². The number of hydrogen-bond acceptors (Lipinski definition) is 3. The first-order valence-corrected chi connectivity index (χ1v) is 6.70. The van der Waals surface area contributed by atoms with Crippen molar-refractivity contribution in [2.75, 3.05) is 0 Å². The van der Waals surface area contributed by atoms with Gasteiger partial charge in [0.1, 0.15) is 5.82 Å². The van der Waals surface area contributed by atoms with Crippen molar-refractivity contribution < 1.29 is 9.90 Å². The number of halogens is 1. The minimum absolute atomic E-state index is 0.138. The topological polar surface area (TPSA) is 78.9 Å². The SMILES string of the molecule is Cc1c(Br)cccc1-c1nc2ncc(C(=O)O)cc2[nH]1. The molecule has 1 aromatic carbocycles. The predicted molar refractivity (Wildman–Crippen MR) is 78.7 cm³/mol. The lowest BCUT2D eigenvalue weighted by Gasteiger charge is -2.03. The summed E-state index contributed by atoms with van der Waals surface area (Å²) in [6.45, 7) is 1.99. The number of hydrogen-bond donors (Lipinski definition) is 2. The first-order valence-electron chi connectivity index (χ1n) is 5.91. The minimum Gasteiger partial charge on any atom is -0.478 e. The number of carboxylic acid groups (broad SMARTS) is 1. The molecular formula is C14H10BrN3O2. The number of H-pyrrole nitrogens is 1. The number of benzene rings is 1. The van der Waals surface area contributed by atoms with Crippen LogP contribution in [-0.4, -0.2) is 26.0 Å². The van der Waals surface area contributed by atoms with Crippen LogP contribution in [0.4, 0.5) is 0 Å². The molecule has 0 atom stereocenters. The molecule has 0 aliphatic heterocycles. The summed E-state index contributed by atoms with van der Waals surface area (Å²) in [7, 11) is 0. The normalized spacial score (nSPS) is 10.9. The van der Waals surface area contributed by atoms with Gasteiger partial charge >= 0.3 is 5.97 Å². The van der Waals surface area contributed by atoms with Crippen molar-refractivity contribution in [2.24, 2.45) is 0 Å². The number of carboxylic acids is 1. The van der Waals surface area contributed by atoms with Gasteiger partial charge in [-0.3, -0.25) is 0 Å². The molecule has 20 heavy (non-hydrogen) atoms. The number of carbonyl (C=O) groups is 1. The minimum atomic E-state index is -1.01. The second kappa shape index (κ2) is 4.72. The molecule has 0 aliphatic rings. The highest BCUT2D eigenvalue weighted by atomic mass is 79.9. The molecule has 0 saturated heterocycles. The Labute approximate surface area is 122 Å². The van der Waals surface area contributed by atoms with E-state index in [1.807, 2.05) is 25.1 Å². The monoisotopic (exact) mass is 331 g/mol. The third-order valence-corrected chi connectivity index (χ3v) is 3.97. The van der Waals surface area contributed by atoms with E-state index in [2.05, 4.69) is 30.9 Å². The van der Waals surface area contributed by atoms with Crippen LogP contribution >= 0.6 is 15.9 Å². The summed E-state index contributed by atoms with van der Waals surface area (Å²) in [4.78, 5) is 22.5. The average molecular weight is 332 g/mol. The fraction of sp³-hybridized carbons (Fsp3) is 0.0714. The molecule has 2 aromatic heterocycles. The maximum Gasteiger partial charge on any atom is 0.337 e. The summed E-state index contributed by atoms with van der Waals surface area (Å²) >= 11 is 3.48. The van der Waals surface area contributed by atoms with Crippen molar-refractivity contribution in [1.29, 1.82) is 0 Å². The molecule has 3 rings (SSSR count). The van der Waals surface area contributed by atoms with Crippen LogP contribution in [0, 0.1) is 6.92 Å². The maximum absolute atomic E-state index is 10.9. The number of aromatic nitrogens is 3. The summed E-state index contributed by atoms with van der Waals surface area (Å²) in [5.41, 5.74) is 3.27. The zero-order valence-electron chi connectivity index (χ0n) is 10.5. The highest BCUT2D eigenvalue weighted by Gasteiger charge is 2.12. The first kappa shape index (κ1) is 12.8. The Kier molecular flexibility index (Phi) is 3.02. The van der Waals surface area contributed by atoms with E-state index < -0.39 is 5.97 Å². The van der Waals surface area contributed by atoms with E-state index in [4.69, 9.17) is 5.11 Å². The van der Waals surface area contributed by atoms with Gasteiger partial charge in [-0.05, 0) is 24.6 Å². The van der Waals surface area contributed by atoms with Crippen LogP contribution in [0.2, 0.25) is 0 Å². The van der Waals surface area contributed by atoms with E-state index in [0.29, 0.717) is 17.0 Å². The molecular weight excluding hydrogens is 322 g/mol. The third kappa shape index (κ3) is 2.08. The molecule has 0 saturated carbocycles. The standard InChI is InChI=1S/C14H10BrN3O2/c1-7-9(3-2-4-10(7)15)12-17-11-5-8(14(19)20)6-16-13(11)18-12/h2-6H,1H3,(H,19,20)(H,16,17,18). The molecule has 0 fully saturated rings. The summed E-state index contributed by atoms with van der Waals surface area (Å²) in [5, 5.41) is 8.97. The molecule has 0 spiro atoms. The summed E-state index contributed by atoms with van der Waals surface area (Å²) < 4.78 is 0.995. The van der Waals surface area contributed by atoms with E-state index in [1.54, 1.807) is 0 Å². The van der Waals surface area contributed by atoms with Crippen molar-refractivity contribution in [2.45, 2.75) is 6.92 Å². The first-order chi connectivity index (χ1) is 9.56. The fourth-order valence-electron chi connectivity index (χ4n) is 2.01. The quantitative estimate of drug-likeness (QED) is 0.754. The van der Waals surface area contributed by atoms with Crippen LogP contribution in [0.3, 0.4) is 0 Å². The molecule has 0 radical (unpaired) electrons. The predicted octanol–water partition coefficient (Wildman–Crippen LogP) is 3.39. The number of nitrogens with one attached hydrogen (secondary N) is 1. The fourth-order valence-corrected chi connectivity index (χ4v) is 2.37. The van der Waals surface area contributed by atoms with Gasteiger partial charge in [0.05, 0.1) is 11.1 Å². The Hall–Kier alpha value is -2.21. The molecule has 2 heterocycles. The third-order valence-electron chi connectivity index (χ3n) is 3.11. The zero-order valence-corrected chi connectivity index (χ0v) is 12.1. The number of rotatable bonds is 2. The second-order valence-electron chi connectivity index (χ2n) is 4.40. The molecule has 0 aliphatic carbocycles. The molecule has 6 heteroatoms. The largest absolute Gasteiger partial charge is 0.478 e. The lowest BCUT2D eigenvalue weighted by Crippen LogP contribution is -1.96. The van der Waals surface area contributed by atoms with Crippen molar-refractivity contribution in [3.63, 3.8) is 0 Å². The summed E-state index contributed by atoms with van der Waals surface area (Å²) in [6, 6.07) is 7.38. The van der Waals surface area contributed by atoms with E-state index in [1.165, 1.54) is 12.3 Å². The molecule has 5 nitrogen and oxygen atoms in total. The lowest BCUT2D eigenvalue weighted by atomic mass is 10.1. The Bertz CT molecular complexity index is 826. The summed E-state index contributed by atoms with van der Waals surface area (Å²) in [5.74, 6) is -0.331. The maximum atomic E-state index is 10.9. The number of aromatic amines is 1. The van der Waals surface area contributed by atoms with Gasteiger partial charge in [0, 0.05) is 16.2 Å². The van der Waals surface area contributed by atoms with Crippen molar-refractivity contribution in [3.05, 3.63) is 46.1 Å². The van der Waals surface area contributed by atoms with Gasteiger partial charge in [-0.1, -0.05) is 28.1 Å². The molecule has 100 valence electrons. The van der Waals surface area contributed by atoms with Crippen LogP contribution < -0.4 is 0 Å². The van der Waals surface area contributed by atoms with Gasteiger partial charge in [0.15, 0.2) is 5.65 Å². The average Bonchev–Trinajstić information content (AvgIpc) is 2.84. The Morgan fingerprint density at radius 1 is 1.40 bits per heavy atom. The lowest BCUT2D eigenvalue weighted by molar-refractivity contribution is 0.0696. The van der Waals surface area contributed by atoms with Gasteiger partial charge in [-0.25, -0.2) is 14.8 Å². The van der Waals surface area contributed by atoms with Gasteiger partial charge in [0.2, 0.25) is 0 Å². The van der Waals surface area contributed by atoms with E-state index >= 15 is 0 Å². The number of pyridine rings is 1. The van der Waals surface area contributed by atoms with Crippen molar-refractivity contribution in [3.8, 4) is 11.4 Å². The Morgan fingerprint density at radius 2 is 2.20 bits per heavy atom. The van der Waals surface area contributed by atoms with Crippen LogP contribution in [0.15, 0.2) is 34.9 Å². The van der Waals surface area contributed by atoms with Crippen LogP contribution in [0.1, 0.15) is 15.9 Å². The Balaban J connectivity index is 2.18. The van der Waals surface area contributed by atoms with E-state index in [-0.39, 0.29) is 5.56 Å². The molecule has 0 bridgehead atoms. The van der Waals surface area contributed by atoms with Gasteiger partial charge in [0.25, 0.3) is 0 Å². The number of nitrogens with zero attached hydrogens (tertiary/aromatic N) is 2. The molecule has 3 aromatic rings. The molecule has 2 N–H and O–H groups in total. The van der Waals surface area contributed by atoms with Gasteiger partial charge < -0.3 is 10.1 Å².